The molecule has 2 N–H and O–H groups in total. The van der Waals surface area contributed by atoms with E-state index in [1.165, 1.54) is 12.1 Å². The van der Waals surface area contributed by atoms with E-state index in [-0.39, 0.29) is 5.56 Å². The summed E-state index contributed by atoms with van der Waals surface area (Å²) in [6, 6.07) is 6.91. The Morgan fingerprint density at radius 3 is 2.47 bits per heavy atom. The molecule has 0 spiro atoms. The van der Waals surface area contributed by atoms with Crippen LogP contribution < -0.4 is 5.73 Å². The Balaban J connectivity index is 2.59. The highest BCUT2D eigenvalue weighted by Gasteiger charge is 2.21. The Labute approximate surface area is 116 Å². The summed E-state index contributed by atoms with van der Waals surface area (Å²) in [5.74, 6) is -1.25. The summed E-state index contributed by atoms with van der Waals surface area (Å²) >= 11 is 6.01. The van der Waals surface area contributed by atoms with Crippen molar-refractivity contribution in [3.05, 3.63) is 69.2 Å². The summed E-state index contributed by atoms with van der Waals surface area (Å²) in [5, 5.41) is 0.529. The molecule has 1 atom stereocenters. The van der Waals surface area contributed by atoms with Crippen LogP contribution in [0.1, 0.15) is 28.3 Å². The predicted molar refractivity (Wildman–Crippen MR) is 73.3 cm³/mol. The number of halogens is 3. The molecule has 1 nitrogen and oxygen atoms in total. The number of hydrogen-bond donors (Lipinski definition) is 1. The molecule has 19 heavy (non-hydrogen) atoms. The normalized spacial score (nSPS) is 12.5. The second-order valence-corrected chi connectivity index (χ2v) is 4.93. The molecule has 0 saturated heterocycles. The van der Waals surface area contributed by atoms with E-state index in [9.17, 15) is 8.78 Å². The van der Waals surface area contributed by atoms with Gasteiger partial charge >= 0.3 is 0 Å². The van der Waals surface area contributed by atoms with Crippen LogP contribution in [-0.2, 0) is 0 Å². The minimum Gasteiger partial charge on any atom is -0.320 e. The van der Waals surface area contributed by atoms with Crippen LogP contribution in [0.3, 0.4) is 0 Å². The van der Waals surface area contributed by atoms with Gasteiger partial charge < -0.3 is 5.73 Å². The number of rotatable bonds is 2. The van der Waals surface area contributed by atoms with Crippen molar-refractivity contribution in [2.75, 3.05) is 0 Å². The Morgan fingerprint density at radius 1 is 1.11 bits per heavy atom. The van der Waals surface area contributed by atoms with Crippen molar-refractivity contribution in [3.8, 4) is 0 Å². The minimum absolute atomic E-state index is 0.120. The topological polar surface area (TPSA) is 26.0 Å². The second-order valence-electron chi connectivity index (χ2n) is 4.52. The fourth-order valence-corrected chi connectivity index (χ4v) is 2.26. The lowest BCUT2D eigenvalue weighted by Crippen LogP contribution is -2.17. The molecule has 0 aliphatic carbocycles. The van der Waals surface area contributed by atoms with E-state index < -0.39 is 17.7 Å². The number of nitrogens with two attached hydrogens (primary N) is 1. The van der Waals surface area contributed by atoms with Crippen molar-refractivity contribution in [1.82, 2.24) is 0 Å². The summed E-state index contributed by atoms with van der Waals surface area (Å²) in [7, 11) is 0. The van der Waals surface area contributed by atoms with Gasteiger partial charge in [0.1, 0.15) is 11.6 Å². The Kier molecular flexibility index (Phi) is 3.88. The van der Waals surface area contributed by atoms with E-state index in [0.29, 0.717) is 16.1 Å². The van der Waals surface area contributed by atoms with Crippen LogP contribution in [0.5, 0.6) is 0 Å². The molecule has 4 heteroatoms. The molecule has 100 valence electrons. The van der Waals surface area contributed by atoms with Gasteiger partial charge in [-0.15, -0.1) is 0 Å². The lowest BCUT2D eigenvalue weighted by atomic mass is 9.94. The van der Waals surface area contributed by atoms with E-state index >= 15 is 0 Å². The van der Waals surface area contributed by atoms with Crippen molar-refractivity contribution >= 4 is 11.6 Å². The Hall–Kier alpha value is -1.45. The molecule has 0 heterocycles. The van der Waals surface area contributed by atoms with E-state index in [1.54, 1.807) is 32.0 Å². The van der Waals surface area contributed by atoms with Gasteiger partial charge in [-0.2, -0.15) is 0 Å². The third-order valence-corrected chi connectivity index (χ3v) is 3.68. The number of hydrogen-bond acceptors (Lipinski definition) is 1. The molecule has 1 unspecified atom stereocenters. The maximum absolute atomic E-state index is 14.1. The summed E-state index contributed by atoms with van der Waals surface area (Å²) in [6.45, 7) is 3.36. The lowest BCUT2D eigenvalue weighted by molar-refractivity contribution is 0.537. The molecule has 0 amide bonds. The van der Waals surface area contributed by atoms with Crippen molar-refractivity contribution in [3.63, 3.8) is 0 Å². The average Bonchev–Trinajstić information content (AvgIpc) is 2.37. The summed E-state index contributed by atoms with van der Waals surface area (Å²) < 4.78 is 27.9. The summed E-state index contributed by atoms with van der Waals surface area (Å²) in [6.07, 6.45) is 0. The van der Waals surface area contributed by atoms with E-state index in [2.05, 4.69) is 0 Å². The molecule has 0 aliphatic heterocycles. The molecular weight excluding hydrogens is 268 g/mol. The number of aryl methyl sites for hydroxylation is 1. The summed E-state index contributed by atoms with van der Waals surface area (Å²) in [4.78, 5) is 0. The van der Waals surface area contributed by atoms with E-state index in [0.717, 1.165) is 5.56 Å². The van der Waals surface area contributed by atoms with Crippen LogP contribution >= 0.6 is 11.6 Å². The van der Waals surface area contributed by atoms with Crippen molar-refractivity contribution in [2.45, 2.75) is 19.9 Å². The largest absolute Gasteiger partial charge is 0.320 e. The van der Waals surface area contributed by atoms with Crippen LogP contribution in [0.2, 0.25) is 5.02 Å². The smallest absolute Gasteiger partial charge is 0.134 e. The third kappa shape index (κ3) is 2.48. The fraction of sp³-hybridized carbons (Fsp3) is 0.200. The van der Waals surface area contributed by atoms with E-state index in [4.69, 9.17) is 17.3 Å². The van der Waals surface area contributed by atoms with Gasteiger partial charge in [0, 0.05) is 10.6 Å². The lowest BCUT2D eigenvalue weighted by Gasteiger charge is -2.18. The highest BCUT2D eigenvalue weighted by Crippen LogP contribution is 2.30. The molecular formula is C15H14ClF2N. The minimum atomic E-state index is -0.876. The molecule has 2 rings (SSSR count). The molecule has 0 bridgehead atoms. The van der Waals surface area contributed by atoms with Crippen LogP contribution in [0, 0.1) is 25.5 Å². The van der Waals surface area contributed by atoms with Crippen molar-refractivity contribution < 1.29 is 8.78 Å². The average molecular weight is 282 g/mol. The SMILES string of the molecule is Cc1ccc(F)c(C(N)c2cccc(Cl)c2C)c1F. The number of benzene rings is 2. The first-order valence-corrected chi connectivity index (χ1v) is 6.26. The molecule has 0 saturated carbocycles. The first-order chi connectivity index (χ1) is 8.93. The van der Waals surface area contributed by atoms with Gasteiger partial charge in [-0.25, -0.2) is 8.78 Å². The van der Waals surface area contributed by atoms with Crippen LogP contribution in [0.4, 0.5) is 8.78 Å². The zero-order chi connectivity index (χ0) is 14.2. The highest BCUT2D eigenvalue weighted by atomic mass is 35.5. The zero-order valence-electron chi connectivity index (χ0n) is 10.7. The molecule has 0 fully saturated rings. The standard InChI is InChI=1S/C15H14ClF2N/c1-8-6-7-12(17)13(14(8)18)15(19)10-4-3-5-11(16)9(10)2/h3-7,15H,19H2,1-2H3. The van der Waals surface area contributed by atoms with E-state index in [1.807, 2.05) is 0 Å². The fourth-order valence-electron chi connectivity index (χ4n) is 2.08. The van der Waals surface area contributed by atoms with Crippen LogP contribution in [0.15, 0.2) is 30.3 Å². The second kappa shape index (κ2) is 5.27. The molecule has 2 aromatic carbocycles. The van der Waals surface area contributed by atoms with Crippen LogP contribution in [0.25, 0.3) is 0 Å². The molecule has 0 aromatic heterocycles. The van der Waals surface area contributed by atoms with Crippen LogP contribution in [-0.4, -0.2) is 0 Å². The van der Waals surface area contributed by atoms with Gasteiger partial charge in [-0.1, -0.05) is 29.8 Å². The van der Waals surface area contributed by atoms with Gasteiger partial charge in [0.05, 0.1) is 6.04 Å². The molecule has 2 aromatic rings. The zero-order valence-corrected chi connectivity index (χ0v) is 11.4. The Bertz CT molecular complexity index is 626. The summed E-state index contributed by atoms with van der Waals surface area (Å²) in [5.41, 5.74) is 7.62. The quantitative estimate of drug-likeness (QED) is 0.873. The van der Waals surface area contributed by atoms with Gasteiger partial charge in [0.25, 0.3) is 0 Å². The maximum Gasteiger partial charge on any atom is 0.134 e. The molecule has 0 radical (unpaired) electrons. The van der Waals surface area contributed by atoms with Gasteiger partial charge in [0.15, 0.2) is 0 Å². The van der Waals surface area contributed by atoms with Gasteiger partial charge in [-0.3, -0.25) is 0 Å². The van der Waals surface area contributed by atoms with Crippen molar-refractivity contribution in [2.24, 2.45) is 5.73 Å². The molecule has 0 aliphatic rings. The first-order valence-electron chi connectivity index (χ1n) is 5.88. The maximum atomic E-state index is 14.1. The van der Waals surface area contributed by atoms with Gasteiger partial charge in [-0.05, 0) is 42.7 Å². The highest BCUT2D eigenvalue weighted by molar-refractivity contribution is 6.31. The Morgan fingerprint density at radius 2 is 1.79 bits per heavy atom. The third-order valence-electron chi connectivity index (χ3n) is 3.28. The monoisotopic (exact) mass is 281 g/mol. The first kappa shape index (κ1) is 14.0. The van der Waals surface area contributed by atoms with Crippen molar-refractivity contribution in [1.29, 1.82) is 0 Å². The van der Waals surface area contributed by atoms with Gasteiger partial charge in [0.2, 0.25) is 0 Å². The predicted octanol–water partition coefficient (Wildman–Crippen LogP) is 4.28.